The van der Waals surface area contributed by atoms with Crippen molar-refractivity contribution in [2.45, 2.75) is 0 Å². The predicted molar refractivity (Wildman–Crippen MR) is 69.1 cm³/mol. The van der Waals surface area contributed by atoms with Crippen molar-refractivity contribution in [2.24, 2.45) is 0 Å². The van der Waals surface area contributed by atoms with Gasteiger partial charge in [0.25, 0.3) is 5.91 Å². The van der Waals surface area contributed by atoms with Gasteiger partial charge >= 0.3 is 0 Å². The maximum atomic E-state index is 11.6. The molecule has 0 aliphatic rings. The Morgan fingerprint density at radius 3 is 2.28 bits per heavy atom. The minimum atomic E-state index is -0.176. The van der Waals surface area contributed by atoms with Crippen LogP contribution in [0.2, 0.25) is 0 Å². The Morgan fingerprint density at radius 2 is 1.67 bits per heavy atom. The van der Waals surface area contributed by atoms with Crippen LogP contribution in [0.5, 0.6) is 0 Å². The highest BCUT2D eigenvalue weighted by atomic mass is 16.3. The molecule has 18 heavy (non-hydrogen) atoms. The van der Waals surface area contributed by atoms with Gasteiger partial charge < -0.3 is 10.4 Å². The van der Waals surface area contributed by atoms with Crippen molar-refractivity contribution in [3.05, 3.63) is 54.4 Å². The molecule has 92 valence electrons. The van der Waals surface area contributed by atoms with Crippen molar-refractivity contribution in [3.63, 3.8) is 0 Å². The van der Waals surface area contributed by atoms with E-state index in [1.54, 1.807) is 24.5 Å². The molecule has 1 amide bonds. The summed E-state index contributed by atoms with van der Waals surface area (Å²) < 4.78 is 0. The number of hydrogen-bond acceptors (Lipinski definition) is 3. The van der Waals surface area contributed by atoms with E-state index in [0.29, 0.717) is 5.56 Å². The summed E-state index contributed by atoms with van der Waals surface area (Å²) in [7, 11) is 0. The van der Waals surface area contributed by atoms with Crippen LogP contribution >= 0.6 is 0 Å². The number of carbonyl (C=O) groups is 1. The third kappa shape index (κ3) is 2.93. The molecule has 1 aromatic heterocycles. The van der Waals surface area contributed by atoms with Crippen LogP contribution in [-0.4, -0.2) is 29.1 Å². The fourth-order valence-corrected chi connectivity index (χ4v) is 1.63. The Kier molecular flexibility index (Phi) is 4.04. The van der Waals surface area contributed by atoms with Crippen LogP contribution < -0.4 is 5.32 Å². The Labute approximate surface area is 105 Å². The number of amides is 1. The normalized spacial score (nSPS) is 10.1. The van der Waals surface area contributed by atoms with Crippen molar-refractivity contribution in [3.8, 4) is 11.1 Å². The van der Waals surface area contributed by atoms with Crippen LogP contribution in [0.25, 0.3) is 11.1 Å². The van der Waals surface area contributed by atoms with Gasteiger partial charge in [-0.05, 0) is 35.4 Å². The second-order valence-corrected chi connectivity index (χ2v) is 3.79. The van der Waals surface area contributed by atoms with E-state index >= 15 is 0 Å². The highest BCUT2D eigenvalue weighted by Gasteiger charge is 2.04. The molecule has 0 saturated heterocycles. The van der Waals surface area contributed by atoms with Crippen molar-refractivity contribution in [1.29, 1.82) is 0 Å². The number of hydrogen-bond donors (Lipinski definition) is 2. The summed E-state index contributed by atoms with van der Waals surface area (Å²) in [6.45, 7) is 0.214. The Bertz CT molecular complexity index is 509. The number of nitrogens with one attached hydrogen (secondary N) is 1. The average Bonchev–Trinajstić information content (AvgIpc) is 2.46. The number of nitrogens with zero attached hydrogens (tertiary/aromatic N) is 1. The first-order valence-electron chi connectivity index (χ1n) is 5.71. The first kappa shape index (κ1) is 12.3. The van der Waals surface area contributed by atoms with Gasteiger partial charge in [0.2, 0.25) is 0 Å². The molecule has 1 heterocycles. The number of aliphatic hydroxyl groups excluding tert-OH is 1. The molecular weight excluding hydrogens is 228 g/mol. The van der Waals surface area contributed by atoms with Gasteiger partial charge in [0.15, 0.2) is 0 Å². The van der Waals surface area contributed by atoms with E-state index in [4.69, 9.17) is 5.11 Å². The monoisotopic (exact) mass is 242 g/mol. The summed E-state index contributed by atoms with van der Waals surface area (Å²) in [5.74, 6) is -0.176. The summed E-state index contributed by atoms with van der Waals surface area (Å²) in [4.78, 5) is 15.6. The zero-order valence-corrected chi connectivity index (χ0v) is 9.84. The van der Waals surface area contributed by atoms with Crippen molar-refractivity contribution in [1.82, 2.24) is 10.3 Å². The maximum absolute atomic E-state index is 11.6. The van der Waals surface area contributed by atoms with Gasteiger partial charge in [-0.3, -0.25) is 9.78 Å². The topological polar surface area (TPSA) is 62.2 Å². The minimum Gasteiger partial charge on any atom is -0.395 e. The molecule has 0 fully saturated rings. The highest BCUT2D eigenvalue weighted by molar-refractivity contribution is 5.94. The molecular formula is C14H14N2O2. The third-order valence-corrected chi connectivity index (χ3v) is 2.56. The molecule has 0 unspecified atom stereocenters. The largest absolute Gasteiger partial charge is 0.395 e. The first-order chi connectivity index (χ1) is 8.81. The molecule has 1 aromatic carbocycles. The highest BCUT2D eigenvalue weighted by Crippen LogP contribution is 2.18. The summed E-state index contributed by atoms with van der Waals surface area (Å²) in [6, 6.07) is 11.2. The minimum absolute atomic E-state index is 0.0547. The number of benzene rings is 1. The molecule has 0 bridgehead atoms. The zero-order chi connectivity index (χ0) is 12.8. The molecule has 0 saturated carbocycles. The molecule has 0 aliphatic heterocycles. The Balaban J connectivity index is 2.13. The lowest BCUT2D eigenvalue weighted by Crippen LogP contribution is -2.26. The molecule has 4 nitrogen and oxygen atoms in total. The van der Waals surface area contributed by atoms with E-state index in [-0.39, 0.29) is 19.1 Å². The van der Waals surface area contributed by atoms with E-state index in [1.165, 1.54) is 0 Å². The lowest BCUT2D eigenvalue weighted by Gasteiger charge is -2.05. The van der Waals surface area contributed by atoms with Crippen LogP contribution in [0.1, 0.15) is 10.4 Å². The summed E-state index contributed by atoms with van der Waals surface area (Å²) in [6.07, 6.45) is 3.47. The SMILES string of the molecule is O=C(NCCO)c1ccc(-c2ccncc2)cc1. The van der Waals surface area contributed by atoms with Gasteiger partial charge in [-0.25, -0.2) is 0 Å². The van der Waals surface area contributed by atoms with Crippen LogP contribution in [0.15, 0.2) is 48.8 Å². The van der Waals surface area contributed by atoms with Gasteiger partial charge in [0.1, 0.15) is 0 Å². The predicted octanol–water partition coefficient (Wildman–Crippen LogP) is 1.47. The fourth-order valence-electron chi connectivity index (χ4n) is 1.63. The molecule has 0 atom stereocenters. The number of pyridine rings is 1. The lowest BCUT2D eigenvalue weighted by molar-refractivity contribution is 0.0945. The molecule has 2 aromatic rings. The van der Waals surface area contributed by atoms with E-state index in [0.717, 1.165) is 11.1 Å². The molecule has 2 N–H and O–H groups in total. The van der Waals surface area contributed by atoms with E-state index < -0.39 is 0 Å². The second kappa shape index (κ2) is 5.93. The standard InChI is InChI=1S/C14H14N2O2/c17-10-9-16-14(18)13-3-1-11(2-4-13)12-5-7-15-8-6-12/h1-8,17H,9-10H2,(H,16,18). The van der Waals surface area contributed by atoms with Crippen molar-refractivity contribution in [2.75, 3.05) is 13.2 Å². The maximum Gasteiger partial charge on any atom is 0.251 e. The van der Waals surface area contributed by atoms with Crippen LogP contribution in [0.4, 0.5) is 0 Å². The van der Waals surface area contributed by atoms with Gasteiger partial charge in [-0.15, -0.1) is 0 Å². The van der Waals surface area contributed by atoms with E-state index in [1.807, 2.05) is 24.3 Å². The smallest absolute Gasteiger partial charge is 0.251 e. The van der Waals surface area contributed by atoms with Crippen molar-refractivity contribution >= 4 is 5.91 Å². The van der Waals surface area contributed by atoms with Gasteiger partial charge in [-0.2, -0.15) is 0 Å². The Hall–Kier alpha value is -2.20. The fraction of sp³-hybridized carbons (Fsp3) is 0.143. The average molecular weight is 242 g/mol. The third-order valence-electron chi connectivity index (χ3n) is 2.56. The van der Waals surface area contributed by atoms with E-state index in [2.05, 4.69) is 10.3 Å². The van der Waals surface area contributed by atoms with Crippen LogP contribution in [0, 0.1) is 0 Å². The summed E-state index contributed by atoms with van der Waals surface area (Å²) in [5, 5.41) is 11.2. The number of rotatable bonds is 4. The molecule has 0 aliphatic carbocycles. The quantitative estimate of drug-likeness (QED) is 0.853. The number of aromatic nitrogens is 1. The number of aliphatic hydroxyl groups is 1. The first-order valence-corrected chi connectivity index (χ1v) is 5.71. The second-order valence-electron chi connectivity index (χ2n) is 3.79. The van der Waals surface area contributed by atoms with Gasteiger partial charge in [-0.1, -0.05) is 12.1 Å². The number of carbonyl (C=O) groups excluding carboxylic acids is 1. The summed E-state index contributed by atoms with van der Waals surface area (Å²) in [5.41, 5.74) is 2.68. The molecule has 0 radical (unpaired) electrons. The lowest BCUT2D eigenvalue weighted by atomic mass is 10.1. The molecule has 2 rings (SSSR count). The summed E-state index contributed by atoms with van der Waals surface area (Å²) >= 11 is 0. The van der Waals surface area contributed by atoms with Crippen molar-refractivity contribution < 1.29 is 9.90 Å². The zero-order valence-electron chi connectivity index (χ0n) is 9.84. The van der Waals surface area contributed by atoms with Crippen LogP contribution in [-0.2, 0) is 0 Å². The molecule has 0 spiro atoms. The van der Waals surface area contributed by atoms with Gasteiger partial charge in [0, 0.05) is 24.5 Å². The van der Waals surface area contributed by atoms with E-state index in [9.17, 15) is 4.79 Å². The van der Waals surface area contributed by atoms with Crippen LogP contribution in [0.3, 0.4) is 0 Å². The van der Waals surface area contributed by atoms with Gasteiger partial charge in [0.05, 0.1) is 6.61 Å². The molecule has 4 heteroatoms. The Morgan fingerprint density at radius 1 is 1.06 bits per heavy atom.